The molecule has 0 saturated carbocycles. The van der Waals surface area contributed by atoms with Crippen LogP contribution >= 0.6 is 0 Å². The van der Waals surface area contributed by atoms with Crippen LogP contribution in [-0.2, 0) is 20.2 Å². The van der Waals surface area contributed by atoms with E-state index in [4.69, 9.17) is 0 Å². The molecule has 0 saturated heterocycles. The van der Waals surface area contributed by atoms with Crippen LogP contribution in [-0.4, -0.2) is 72.3 Å². The van der Waals surface area contributed by atoms with Crippen molar-refractivity contribution in [2.75, 3.05) is 14.1 Å². The van der Waals surface area contributed by atoms with Crippen molar-refractivity contribution in [2.24, 2.45) is 0 Å². The van der Waals surface area contributed by atoms with Crippen LogP contribution in [0.25, 0.3) is 0 Å². The van der Waals surface area contributed by atoms with Crippen LogP contribution in [0.15, 0.2) is 34.1 Å². The standard InChI is InChI=1S/2C8H10N2O6S.2K/c2*1-9-10-8(13)4-2-5(11)7(12)6(3-4)17(14,15)16;;/h2*2-3,9,11-12H,1H3,(H,10,13)(H,14,15,16);;/q;;2*+1/p-2. The third kappa shape index (κ3) is 10.8. The monoisotopic (exact) mass is 600 g/mol. The smallest absolute Gasteiger partial charge is 0.744 e. The van der Waals surface area contributed by atoms with Crippen LogP contribution in [0.5, 0.6) is 23.0 Å². The van der Waals surface area contributed by atoms with Gasteiger partial charge in [-0.25, -0.2) is 27.7 Å². The molecule has 0 radical (unpaired) electrons. The fourth-order valence-corrected chi connectivity index (χ4v) is 3.43. The van der Waals surface area contributed by atoms with Gasteiger partial charge < -0.3 is 29.5 Å². The first-order valence-corrected chi connectivity index (χ1v) is 11.3. The van der Waals surface area contributed by atoms with Crippen molar-refractivity contribution < 1.29 is 159 Å². The van der Waals surface area contributed by atoms with Crippen molar-refractivity contribution in [2.45, 2.75) is 9.79 Å². The molecule has 0 aliphatic carbocycles. The number of hydrazine groups is 2. The third-order valence-electron chi connectivity index (χ3n) is 3.65. The van der Waals surface area contributed by atoms with Gasteiger partial charge in [0.25, 0.3) is 11.8 Å². The fraction of sp³-hybridized carbons (Fsp3) is 0.125. The van der Waals surface area contributed by atoms with Crippen LogP contribution < -0.4 is 124 Å². The first-order chi connectivity index (χ1) is 15.5. The summed E-state index contributed by atoms with van der Waals surface area (Å²) >= 11 is 0. The number of nitrogens with one attached hydrogen (secondary N) is 4. The predicted octanol–water partition coefficient (Wildman–Crippen LogP) is -8.26. The number of carbonyl (C=O) groups excluding carboxylic acids is 2. The van der Waals surface area contributed by atoms with E-state index in [1.807, 2.05) is 0 Å². The Kier molecular flexibility index (Phi) is 16.6. The van der Waals surface area contributed by atoms with Crippen molar-refractivity contribution in [3.8, 4) is 23.0 Å². The van der Waals surface area contributed by atoms with Gasteiger partial charge >= 0.3 is 103 Å². The van der Waals surface area contributed by atoms with Crippen LogP contribution in [0.2, 0.25) is 0 Å². The Labute approximate surface area is 290 Å². The van der Waals surface area contributed by atoms with E-state index in [-0.39, 0.29) is 114 Å². The van der Waals surface area contributed by atoms with Gasteiger partial charge in [0.2, 0.25) is 0 Å². The molecule has 20 heteroatoms. The van der Waals surface area contributed by atoms with E-state index in [2.05, 4.69) is 21.7 Å². The number of rotatable bonds is 6. The molecule has 2 aromatic rings. The van der Waals surface area contributed by atoms with E-state index in [0.29, 0.717) is 12.1 Å². The van der Waals surface area contributed by atoms with Crippen molar-refractivity contribution in [1.29, 1.82) is 0 Å². The molecule has 16 nitrogen and oxygen atoms in total. The van der Waals surface area contributed by atoms with Gasteiger partial charge in [-0.1, -0.05) is 0 Å². The Morgan fingerprint density at radius 2 is 0.944 bits per heavy atom. The first-order valence-electron chi connectivity index (χ1n) is 8.52. The van der Waals surface area contributed by atoms with Crippen molar-refractivity contribution in [3.63, 3.8) is 0 Å². The molecule has 0 aliphatic rings. The number of aromatic hydroxyl groups is 4. The van der Waals surface area contributed by atoms with Crippen LogP contribution in [0.4, 0.5) is 0 Å². The zero-order chi connectivity index (χ0) is 26.4. The average molecular weight is 601 g/mol. The van der Waals surface area contributed by atoms with E-state index in [1.165, 1.54) is 14.1 Å². The maximum Gasteiger partial charge on any atom is 1.00 e. The quantitative estimate of drug-likeness (QED) is 0.0662. The van der Waals surface area contributed by atoms with Crippen LogP contribution in [0, 0.1) is 0 Å². The Morgan fingerprint density at radius 1 is 0.667 bits per heavy atom. The van der Waals surface area contributed by atoms with E-state index in [1.54, 1.807) is 0 Å². The van der Waals surface area contributed by atoms with Gasteiger partial charge in [-0.05, 0) is 24.3 Å². The summed E-state index contributed by atoms with van der Waals surface area (Å²) in [5.41, 5.74) is 8.22. The molecule has 0 unspecified atom stereocenters. The minimum Gasteiger partial charge on any atom is -0.744 e. The minimum atomic E-state index is -4.99. The Bertz CT molecular complexity index is 1220. The van der Waals surface area contributed by atoms with Crippen LogP contribution in [0.3, 0.4) is 0 Å². The normalized spacial score (nSPS) is 10.6. The van der Waals surface area contributed by atoms with Gasteiger partial charge in [-0.3, -0.25) is 20.4 Å². The summed E-state index contributed by atoms with van der Waals surface area (Å²) in [5, 5.41) is 36.8. The predicted molar refractivity (Wildman–Crippen MR) is 109 cm³/mol. The Morgan fingerprint density at radius 3 is 1.17 bits per heavy atom. The molecule has 0 aliphatic heterocycles. The van der Waals surface area contributed by atoms with Gasteiger partial charge in [0, 0.05) is 25.2 Å². The van der Waals surface area contributed by atoms with E-state index in [0.717, 1.165) is 12.1 Å². The average Bonchev–Trinajstić information content (AvgIpc) is 2.70. The van der Waals surface area contributed by atoms with Crippen LogP contribution in [0.1, 0.15) is 20.7 Å². The number of hydrogen-bond donors (Lipinski definition) is 8. The molecule has 36 heavy (non-hydrogen) atoms. The Hall–Kier alpha value is -0.407. The number of phenolic OH excluding ortho intramolecular Hbond substituents is 4. The summed E-state index contributed by atoms with van der Waals surface area (Å²) < 4.78 is 64.6. The van der Waals surface area contributed by atoms with Crippen molar-refractivity contribution in [3.05, 3.63) is 35.4 Å². The molecular formula is C16H18K2N4O12S2. The largest absolute Gasteiger partial charge is 1.00 e. The fourth-order valence-electron chi connectivity index (χ4n) is 2.20. The molecule has 2 rings (SSSR count). The van der Waals surface area contributed by atoms with E-state index in [9.17, 15) is 56.0 Å². The zero-order valence-corrected chi connectivity index (χ0v) is 27.1. The van der Waals surface area contributed by atoms with Gasteiger partial charge in [0.15, 0.2) is 23.0 Å². The molecular weight excluding hydrogens is 583 g/mol. The molecule has 2 aromatic carbocycles. The molecule has 0 heterocycles. The summed E-state index contributed by atoms with van der Waals surface area (Å²) in [4.78, 5) is 20.5. The summed E-state index contributed by atoms with van der Waals surface area (Å²) in [7, 11) is -7.19. The maximum absolute atomic E-state index is 11.3. The minimum absolute atomic E-state index is 0. The number of amides is 2. The van der Waals surface area contributed by atoms with Gasteiger partial charge in [0.05, 0.1) is 0 Å². The van der Waals surface area contributed by atoms with Gasteiger partial charge in [-0.2, -0.15) is 0 Å². The molecule has 2 amide bonds. The summed E-state index contributed by atoms with van der Waals surface area (Å²) in [6.07, 6.45) is 0. The summed E-state index contributed by atoms with van der Waals surface area (Å²) in [6, 6.07) is 3.00. The van der Waals surface area contributed by atoms with Gasteiger partial charge in [0.1, 0.15) is 30.0 Å². The maximum atomic E-state index is 11.3. The number of hydrogen-bond acceptors (Lipinski definition) is 14. The van der Waals surface area contributed by atoms with Crippen molar-refractivity contribution >= 4 is 32.1 Å². The number of benzene rings is 2. The Balaban J connectivity index is 0. The molecule has 188 valence electrons. The molecule has 0 aromatic heterocycles. The van der Waals surface area contributed by atoms with Crippen molar-refractivity contribution in [1.82, 2.24) is 21.7 Å². The number of carbonyl (C=O) groups is 2. The first kappa shape index (κ1) is 37.7. The molecule has 0 atom stereocenters. The molecule has 0 bridgehead atoms. The van der Waals surface area contributed by atoms with Gasteiger partial charge in [-0.15, -0.1) is 0 Å². The summed E-state index contributed by atoms with van der Waals surface area (Å²) in [6.45, 7) is 0. The second kappa shape index (κ2) is 15.9. The SMILES string of the molecule is CNNC(=O)c1cc(O)c(O)c(S(=O)(=O)[O-])c1.CNNC(=O)c1cc(O)c(O)c(S(=O)(=O)[O-])c1.[K+].[K+]. The summed E-state index contributed by atoms with van der Waals surface area (Å²) in [5.74, 6) is -5.45. The van der Waals surface area contributed by atoms with E-state index < -0.39 is 64.8 Å². The molecule has 0 fully saturated rings. The van der Waals surface area contributed by atoms with E-state index >= 15 is 0 Å². The number of phenols is 4. The third-order valence-corrected chi connectivity index (χ3v) is 5.35. The zero-order valence-electron chi connectivity index (χ0n) is 19.2. The second-order valence-electron chi connectivity index (χ2n) is 6.00. The molecule has 8 N–H and O–H groups in total. The molecule has 0 spiro atoms. The second-order valence-corrected chi connectivity index (χ2v) is 8.70. The topological polar surface area (TPSA) is 278 Å².